The van der Waals surface area contributed by atoms with Crippen LogP contribution in [0.3, 0.4) is 0 Å². The summed E-state index contributed by atoms with van der Waals surface area (Å²) in [5.41, 5.74) is 0.978. The molecule has 0 spiro atoms. The Morgan fingerprint density at radius 2 is 2.10 bits per heavy atom. The van der Waals surface area contributed by atoms with E-state index in [1.165, 1.54) is 22.2 Å². The lowest BCUT2D eigenvalue weighted by molar-refractivity contribution is 0.236. The van der Waals surface area contributed by atoms with Crippen LogP contribution in [0.25, 0.3) is 20.7 Å². The third-order valence-corrected chi connectivity index (χ3v) is 4.37. The summed E-state index contributed by atoms with van der Waals surface area (Å²) in [4.78, 5) is 18.5. The van der Waals surface area contributed by atoms with E-state index >= 15 is 0 Å². The van der Waals surface area contributed by atoms with Gasteiger partial charge in [0, 0.05) is 4.88 Å². The molecule has 4 nitrogen and oxygen atoms in total. The highest BCUT2D eigenvalue weighted by Gasteiger charge is 2.12. The molecule has 0 aliphatic carbocycles. The molecular weight excluding hydrogens is 272 g/mol. The maximum atomic E-state index is 12.4. The molecule has 5 heteroatoms. The summed E-state index contributed by atoms with van der Waals surface area (Å²) >= 11 is 1.51. The molecule has 0 bridgehead atoms. The van der Waals surface area contributed by atoms with Gasteiger partial charge in [0.05, 0.1) is 24.4 Å². The number of aliphatic hydroxyl groups excluding tert-OH is 1. The highest BCUT2D eigenvalue weighted by atomic mass is 32.1. The van der Waals surface area contributed by atoms with Crippen LogP contribution in [-0.2, 0) is 0 Å². The lowest BCUT2D eigenvalue weighted by Crippen LogP contribution is -2.24. The van der Waals surface area contributed by atoms with E-state index in [-0.39, 0.29) is 18.2 Å². The normalized spacial score (nSPS) is 12.7. The number of aliphatic hydroxyl groups is 1. The van der Waals surface area contributed by atoms with Crippen LogP contribution in [-0.4, -0.2) is 21.3 Å². The Morgan fingerprint density at radius 3 is 2.80 bits per heavy atom. The van der Waals surface area contributed by atoms with E-state index in [9.17, 15) is 9.90 Å². The SMILES string of the molecule is C[C@@H](CO)n1cnc2sc(-c3ccccc3)cc2c1=O. The molecule has 0 aliphatic heterocycles. The van der Waals surface area contributed by atoms with Crippen LogP contribution in [0.4, 0.5) is 0 Å². The molecule has 20 heavy (non-hydrogen) atoms. The lowest BCUT2D eigenvalue weighted by atomic mass is 10.2. The van der Waals surface area contributed by atoms with Crippen molar-refractivity contribution >= 4 is 21.6 Å². The third kappa shape index (κ3) is 2.15. The van der Waals surface area contributed by atoms with Crippen LogP contribution in [0.15, 0.2) is 47.5 Å². The van der Waals surface area contributed by atoms with Gasteiger partial charge in [0.2, 0.25) is 0 Å². The topological polar surface area (TPSA) is 55.1 Å². The molecule has 0 amide bonds. The minimum absolute atomic E-state index is 0.0806. The number of hydrogen-bond donors (Lipinski definition) is 1. The van der Waals surface area contributed by atoms with Gasteiger partial charge in [-0.15, -0.1) is 11.3 Å². The Kier molecular flexibility index (Phi) is 3.38. The lowest BCUT2D eigenvalue weighted by Gasteiger charge is -2.10. The van der Waals surface area contributed by atoms with Gasteiger partial charge in [0.25, 0.3) is 5.56 Å². The molecule has 3 aromatic rings. The van der Waals surface area contributed by atoms with Gasteiger partial charge in [0.15, 0.2) is 0 Å². The van der Waals surface area contributed by atoms with E-state index in [0.29, 0.717) is 5.39 Å². The summed E-state index contributed by atoms with van der Waals surface area (Å²) in [6.45, 7) is 1.71. The molecule has 0 fully saturated rings. The fourth-order valence-corrected chi connectivity index (χ4v) is 3.08. The largest absolute Gasteiger partial charge is 0.394 e. The quantitative estimate of drug-likeness (QED) is 0.805. The number of rotatable bonds is 3. The van der Waals surface area contributed by atoms with Crippen molar-refractivity contribution in [1.29, 1.82) is 0 Å². The van der Waals surface area contributed by atoms with Crippen LogP contribution in [0, 0.1) is 0 Å². The smallest absolute Gasteiger partial charge is 0.262 e. The molecule has 3 rings (SSSR count). The predicted octanol–water partition coefficient (Wildman–Crippen LogP) is 2.68. The van der Waals surface area contributed by atoms with Crippen molar-refractivity contribution in [3.05, 3.63) is 53.1 Å². The second-order valence-electron chi connectivity index (χ2n) is 4.68. The van der Waals surface area contributed by atoms with Gasteiger partial charge in [-0.3, -0.25) is 9.36 Å². The molecule has 0 saturated heterocycles. The monoisotopic (exact) mass is 286 g/mol. The molecule has 2 heterocycles. The molecule has 1 atom stereocenters. The second-order valence-corrected chi connectivity index (χ2v) is 5.71. The molecule has 0 radical (unpaired) electrons. The van der Waals surface area contributed by atoms with E-state index in [1.807, 2.05) is 36.4 Å². The van der Waals surface area contributed by atoms with Crippen molar-refractivity contribution in [1.82, 2.24) is 9.55 Å². The van der Waals surface area contributed by atoms with Gasteiger partial charge in [-0.05, 0) is 18.6 Å². The Bertz CT molecular complexity index is 792. The van der Waals surface area contributed by atoms with Crippen molar-refractivity contribution in [2.24, 2.45) is 0 Å². The summed E-state index contributed by atoms with van der Waals surface area (Å²) < 4.78 is 1.48. The minimum atomic E-state index is -0.264. The van der Waals surface area contributed by atoms with Gasteiger partial charge in [-0.2, -0.15) is 0 Å². The minimum Gasteiger partial charge on any atom is -0.394 e. The van der Waals surface area contributed by atoms with Crippen molar-refractivity contribution < 1.29 is 5.11 Å². The predicted molar refractivity (Wildman–Crippen MR) is 81.1 cm³/mol. The molecule has 0 aliphatic rings. The van der Waals surface area contributed by atoms with Crippen LogP contribution < -0.4 is 5.56 Å². The summed E-state index contributed by atoms with van der Waals surface area (Å²) in [6.07, 6.45) is 1.51. The molecule has 1 N–H and O–H groups in total. The Balaban J connectivity index is 2.17. The molecular formula is C15H14N2O2S. The first-order chi connectivity index (χ1) is 9.70. The number of aromatic nitrogens is 2. The summed E-state index contributed by atoms with van der Waals surface area (Å²) in [5.74, 6) is 0. The number of benzene rings is 1. The van der Waals surface area contributed by atoms with Crippen molar-refractivity contribution in [3.8, 4) is 10.4 Å². The Hall–Kier alpha value is -1.98. The van der Waals surface area contributed by atoms with E-state index in [2.05, 4.69) is 4.98 Å². The molecule has 0 unspecified atom stereocenters. The van der Waals surface area contributed by atoms with Crippen LogP contribution in [0.1, 0.15) is 13.0 Å². The fourth-order valence-electron chi connectivity index (χ4n) is 2.08. The first-order valence-corrected chi connectivity index (χ1v) is 7.19. The molecule has 0 saturated carbocycles. The Morgan fingerprint density at radius 1 is 1.35 bits per heavy atom. The third-order valence-electron chi connectivity index (χ3n) is 3.27. The average molecular weight is 286 g/mol. The highest BCUT2D eigenvalue weighted by molar-refractivity contribution is 7.21. The van der Waals surface area contributed by atoms with Crippen LogP contribution in [0.5, 0.6) is 0 Å². The number of nitrogens with zero attached hydrogens (tertiary/aromatic N) is 2. The first kappa shape index (κ1) is 13.0. The second kappa shape index (κ2) is 5.19. The zero-order chi connectivity index (χ0) is 14.1. The van der Waals surface area contributed by atoms with Crippen molar-refractivity contribution in [3.63, 3.8) is 0 Å². The standard InChI is InChI=1S/C15H14N2O2S/c1-10(8-18)17-9-16-14-12(15(17)19)7-13(20-14)11-5-3-2-4-6-11/h2-7,9-10,18H,8H2,1H3/t10-/m0/s1. The zero-order valence-corrected chi connectivity index (χ0v) is 11.8. The van der Waals surface area contributed by atoms with Crippen LogP contribution in [0.2, 0.25) is 0 Å². The summed E-state index contributed by atoms with van der Waals surface area (Å²) in [7, 11) is 0. The van der Waals surface area contributed by atoms with E-state index in [4.69, 9.17) is 0 Å². The Labute approximate surface area is 120 Å². The molecule has 2 aromatic heterocycles. The van der Waals surface area contributed by atoms with Gasteiger partial charge < -0.3 is 5.11 Å². The average Bonchev–Trinajstić information content (AvgIpc) is 2.93. The van der Waals surface area contributed by atoms with Gasteiger partial charge in [0.1, 0.15) is 4.83 Å². The van der Waals surface area contributed by atoms with E-state index in [0.717, 1.165) is 15.3 Å². The van der Waals surface area contributed by atoms with Crippen LogP contribution >= 0.6 is 11.3 Å². The van der Waals surface area contributed by atoms with Crippen molar-refractivity contribution in [2.45, 2.75) is 13.0 Å². The zero-order valence-electron chi connectivity index (χ0n) is 11.0. The van der Waals surface area contributed by atoms with E-state index in [1.54, 1.807) is 6.92 Å². The number of hydrogen-bond acceptors (Lipinski definition) is 4. The number of fused-ring (bicyclic) bond motifs is 1. The highest BCUT2D eigenvalue weighted by Crippen LogP contribution is 2.30. The summed E-state index contributed by atoms with van der Waals surface area (Å²) in [5, 5.41) is 9.79. The maximum absolute atomic E-state index is 12.4. The molecule has 1 aromatic carbocycles. The van der Waals surface area contributed by atoms with Crippen molar-refractivity contribution in [2.75, 3.05) is 6.61 Å². The van der Waals surface area contributed by atoms with E-state index < -0.39 is 0 Å². The summed E-state index contributed by atoms with van der Waals surface area (Å²) in [6, 6.07) is 11.5. The fraction of sp³-hybridized carbons (Fsp3) is 0.200. The first-order valence-electron chi connectivity index (χ1n) is 6.37. The molecule has 102 valence electrons. The van der Waals surface area contributed by atoms with Gasteiger partial charge in [-0.25, -0.2) is 4.98 Å². The van der Waals surface area contributed by atoms with Gasteiger partial charge >= 0.3 is 0 Å². The van der Waals surface area contributed by atoms with Gasteiger partial charge in [-0.1, -0.05) is 30.3 Å². The number of thiophene rings is 1. The maximum Gasteiger partial charge on any atom is 0.262 e.